The van der Waals surface area contributed by atoms with E-state index < -0.39 is 0 Å². The molecule has 1 unspecified atom stereocenters. The van der Waals surface area contributed by atoms with Crippen molar-refractivity contribution in [3.63, 3.8) is 0 Å². The highest BCUT2D eigenvalue weighted by atomic mass is 14.7. The van der Waals surface area contributed by atoms with E-state index in [9.17, 15) is 0 Å². The lowest BCUT2D eigenvalue weighted by Gasteiger charge is -2.14. The van der Waals surface area contributed by atoms with Crippen LogP contribution in [0, 0.1) is 5.92 Å². The monoisotopic (exact) mass is 214 g/mol. The smallest absolute Gasteiger partial charge is 0.0702 e. The molecule has 2 aromatic rings. The molecule has 1 heterocycles. The average Bonchev–Trinajstić information content (AvgIpc) is 2.27. The molecule has 2 N–H and O–H groups in total. The molecule has 0 amide bonds. The van der Waals surface area contributed by atoms with Gasteiger partial charge >= 0.3 is 0 Å². The summed E-state index contributed by atoms with van der Waals surface area (Å²) in [5.74, 6) is 0.625. The fraction of sp³-hybridized carbons (Fsp3) is 0.357. The second kappa shape index (κ2) is 4.62. The molecule has 0 radical (unpaired) electrons. The Hall–Kier alpha value is -1.41. The van der Waals surface area contributed by atoms with Crippen LogP contribution in [-0.2, 0) is 0 Å². The molecule has 0 bridgehead atoms. The van der Waals surface area contributed by atoms with Crippen LogP contribution in [0.2, 0.25) is 0 Å². The lowest BCUT2D eigenvalue weighted by atomic mass is 9.97. The fourth-order valence-electron chi connectivity index (χ4n) is 1.97. The predicted octanol–water partition coefficient (Wildman–Crippen LogP) is 3.28. The Labute approximate surface area is 96.5 Å². The Bertz CT molecular complexity index is 477. The minimum absolute atomic E-state index is 0.129. The highest BCUT2D eigenvalue weighted by Crippen LogP contribution is 2.22. The zero-order valence-corrected chi connectivity index (χ0v) is 9.85. The minimum Gasteiger partial charge on any atom is -0.324 e. The summed E-state index contributed by atoms with van der Waals surface area (Å²) < 4.78 is 0. The third kappa shape index (κ3) is 2.39. The SMILES string of the molecule is CC(C)CC(N)c1ccc2ncccc2c1. The summed E-state index contributed by atoms with van der Waals surface area (Å²) in [6.45, 7) is 4.39. The summed E-state index contributed by atoms with van der Waals surface area (Å²) in [5, 5.41) is 1.17. The van der Waals surface area contributed by atoms with E-state index in [4.69, 9.17) is 5.73 Å². The molecule has 1 aromatic heterocycles. The van der Waals surface area contributed by atoms with Crippen molar-refractivity contribution >= 4 is 10.9 Å². The summed E-state index contributed by atoms with van der Waals surface area (Å²) in [6.07, 6.45) is 2.84. The van der Waals surface area contributed by atoms with Gasteiger partial charge in [0.05, 0.1) is 5.52 Å². The van der Waals surface area contributed by atoms with E-state index in [0.29, 0.717) is 5.92 Å². The van der Waals surface area contributed by atoms with Crippen molar-refractivity contribution in [3.8, 4) is 0 Å². The number of pyridine rings is 1. The number of hydrogen-bond donors (Lipinski definition) is 1. The Morgan fingerprint density at radius 2 is 2.06 bits per heavy atom. The number of nitrogens with zero attached hydrogens (tertiary/aromatic N) is 1. The minimum atomic E-state index is 0.129. The number of nitrogens with two attached hydrogens (primary N) is 1. The summed E-state index contributed by atoms with van der Waals surface area (Å²) in [5.41, 5.74) is 8.40. The molecular formula is C14H18N2. The topological polar surface area (TPSA) is 38.9 Å². The van der Waals surface area contributed by atoms with Crippen LogP contribution < -0.4 is 5.73 Å². The first-order valence-corrected chi connectivity index (χ1v) is 5.77. The number of hydrogen-bond acceptors (Lipinski definition) is 2. The fourth-order valence-corrected chi connectivity index (χ4v) is 1.97. The molecule has 1 atom stereocenters. The molecule has 0 saturated heterocycles. The van der Waals surface area contributed by atoms with Crippen LogP contribution in [0.1, 0.15) is 31.9 Å². The first-order chi connectivity index (χ1) is 7.66. The van der Waals surface area contributed by atoms with E-state index in [2.05, 4.69) is 37.0 Å². The average molecular weight is 214 g/mol. The van der Waals surface area contributed by atoms with Crippen molar-refractivity contribution in [1.82, 2.24) is 4.98 Å². The lowest BCUT2D eigenvalue weighted by Crippen LogP contribution is -2.12. The predicted molar refractivity (Wildman–Crippen MR) is 68.1 cm³/mol. The van der Waals surface area contributed by atoms with Crippen LogP contribution in [0.25, 0.3) is 10.9 Å². The highest BCUT2D eigenvalue weighted by Gasteiger charge is 2.08. The van der Waals surface area contributed by atoms with Crippen LogP contribution in [0.15, 0.2) is 36.5 Å². The quantitative estimate of drug-likeness (QED) is 0.851. The van der Waals surface area contributed by atoms with Gasteiger partial charge in [0, 0.05) is 17.6 Å². The van der Waals surface area contributed by atoms with Gasteiger partial charge in [-0.05, 0) is 36.1 Å². The number of aromatic nitrogens is 1. The molecule has 2 nitrogen and oxygen atoms in total. The third-order valence-electron chi connectivity index (χ3n) is 2.78. The Kier molecular flexibility index (Phi) is 3.20. The highest BCUT2D eigenvalue weighted by molar-refractivity contribution is 5.79. The number of rotatable bonds is 3. The maximum Gasteiger partial charge on any atom is 0.0702 e. The van der Waals surface area contributed by atoms with Gasteiger partial charge in [-0.25, -0.2) is 0 Å². The first-order valence-electron chi connectivity index (χ1n) is 5.77. The Morgan fingerprint density at radius 3 is 2.81 bits per heavy atom. The van der Waals surface area contributed by atoms with E-state index in [1.807, 2.05) is 18.3 Å². The molecule has 0 spiro atoms. The molecule has 2 heteroatoms. The van der Waals surface area contributed by atoms with E-state index >= 15 is 0 Å². The molecule has 0 saturated carbocycles. The van der Waals surface area contributed by atoms with Crippen LogP contribution in [0.5, 0.6) is 0 Å². The third-order valence-corrected chi connectivity index (χ3v) is 2.78. The molecular weight excluding hydrogens is 196 g/mol. The van der Waals surface area contributed by atoms with Gasteiger partial charge in [0.2, 0.25) is 0 Å². The zero-order chi connectivity index (χ0) is 11.5. The summed E-state index contributed by atoms with van der Waals surface area (Å²) in [7, 11) is 0. The molecule has 0 aliphatic heterocycles. The molecule has 16 heavy (non-hydrogen) atoms. The zero-order valence-electron chi connectivity index (χ0n) is 9.85. The van der Waals surface area contributed by atoms with Crippen molar-refractivity contribution in [2.24, 2.45) is 11.7 Å². The summed E-state index contributed by atoms with van der Waals surface area (Å²) in [4.78, 5) is 4.30. The van der Waals surface area contributed by atoms with Gasteiger partial charge in [0.25, 0.3) is 0 Å². The summed E-state index contributed by atoms with van der Waals surface area (Å²) in [6, 6.07) is 10.4. The van der Waals surface area contributed by atoms with Gasteiger partial charge in [-0.15, -0.1) is 0 Å². The molecule has 0 aliphatic rings. The molecule has 0 aliphatic carbocycles. The van der Waals surface area contributed by atoms with Gasteiger partial charge < -0.3 is 5.73 Å². The van der Waals surface area contributed by atoms with E-state index in [0.717, 1.165) is 11.9 Å². The molecule has 0 fully saturated rings. The molecule has 2 rings (SSSR count). The van der Waals surface area contributed by atoms with Crippen LogP contribution in [0.3, 0.4) is 0 Å². The van der Waals surface area contributed by atoms with Gasteiger partial charge in [-0.2, -0.15) is 0 Å². The van der Waals surface area contributed by atoms with Gasteiger partial charge in [-0.1, -0.05) is 26.0 Å². The van der Waals surface area contributed by atoms with Crippen molar-refractivity contribution in [3.05, 3.63) is 42.1 Å². The Balaban J connectivity index is 2.32. The lowest BCUT2D eigenvalue weighted by molar-refractivity contribution is 0.510. The van der Waals surface area contributed by atoms with Crippen LogP contribution in [0.4, 0.5) is 0 Å². The second-order valence-corrected chi connectivity index (χ2v) is 4.69. The molecule has 84 valence electrons. The maximum atomic E-state index is 6.17. The number of fused-ring (bicyclic) bond motifs is 1. The van der Waals surface area contributed by atoms with Gasteiger partial charge in [-0.3, -0.25) is 4.98 Å². The van der Waals surface area contributed by atoms with Crippen LogP contribution in [-0.4, -0.2) is 4.98 Å². The van der Waals surface area contributed by atoms with E-state index in [-0.39, 0.29) is 6.04 Å². The summed E-state index contributed by atoms with van der Waals surface area (Å²) >= 11 is 0. The number of benzene rings is 1. The Morgan fingerprint density at radius 1 is 1.25 bits per heavy atom. The largest absolute Gasteiger partial charge is 0.324 e. The maximum absolute atomic E-state index is 6.17. The van der Waals surface area contributed by atoms with Crippen LogP contribution >= 0.6 is 0 Å². The van der Waals surface area contributed by atoms with E-state index in [1.165, 1.54) is 10.9 Å². The van der Waals surface area contributed by atoms with Gasteiger partial charge in [0.1, 0.15) is 0 Å². The van der Waals surface area contributed by atoms with E-state index in [1.54, 1.807) is 0 Å². The van der Waals surface area contributed by atoms with Gasteiger partial charge in [0.15, 0.2) is 0 Å². The van der Waals surface area contributed by atoms with Crippen molar-refractivity contribution in [2.75, 3.05) is 0 Å². The standard InChI is InChI=1S/C14H18N2/c1-10(2)8-13(15)11-5-6-14-12(9-11)4-3-7-16-14/h3-7,9-10,13H,8,15H2,1-2H3. The molecule has 1 aromatic carbocycles. The normalized spacial score (nSPS) is 13.2. The van der Waals surface area contributed by atoms with Crippen molar-refractivity contribution in [2.45, 2.75) is 26.3 Å². The van der Waals surface area contributed by atoms with Crippen molar-refractivity contribution in [1.29, 1.82) is 0 Å². The first kappa shape index (κ1) is 11.1. The second-order valence-electron chi connectivity index (χ2n) is 4.69. The van der Waals surface area contributed by atoms with Crippen molar-refractivity contribution < 1.29 is 0 Å².